The van der Waals surface area contributed by atoms with E-state index < -0.39 is 24.0 Å². The Morgan fingerprint density at radius 2 is 1.76 bits per heavy atom. The van der Waals surface area contributed by atoms with Crippen molar-refractivity contribution in [1.82, 2.24) is 10.6 Å². The van der Waals surface area contributed by atoms with Gasteiger partial charge in [0.25, 0.3) is 0 Å². The maximum atomic E-state index is 12.9. The van der Waals surface area contributed by atoms with Gasteiger partial charge in [-0.05, 0) is 36.2 Å². The molecule has 1 aliphatic heterocycles. The van der Waals surface area contributed by atoms with Crippen LogP contribution in [0.15, 0.2) is 54.6 Å². The van der Waals surface area contributed by atoms with Crippen LogP contribution in [0.25, 0.3) is 0 Å². The number of para-hydroxylation sites is 1. The standard InChI is InChI=1S/C22H24N2O5/c1-14(15-8-10-16(28-2)11-9-15)20(22(27)29-17-6-4-3-5-7-17)24-21(26)18-12-13-19(25)23-18/h3-11,14,18,20H,12-13H2,1-2H3,(H,23,25)(H,24,26)/t14?,18-,20?/m1/s1. The molecule has 3 rings (SSSR count). The van der Waals surface area contributed by atoms with Gasteiger partial charge in [-0.25, -0.2) is 4.79 Å². The molecule has 0 aliphatic carbocycles. The molecule has 1 saturated heterocycles. The molecule has 1 aliphatic rings. The Morgan fingerprint density at radius 3 is 2.34 bits per heavy atom. The van der Waals surface area contributed by atoms with Crippen molar-refractivity contribution in [3.8, 4) is 11.5 Å². The number of nitrogens with one attached hydrogen (secondary N) is 2. The molecule has 2 N–H and O–H groups in total. The molecule has 1 heterocycles. The minimum absolute atomic E-state index is 0.170. The molecule has 0 spiro atoms. The van der Waals surface area contributed by atoms with Crippen LogP contribution < -0.4 is 20.1 Å². The van der Waals surface area contributed by atoms with Gasteiger partial charge < -0.3 is 20.1 Å². The minimum Gasteiger partial charge on any atom is -0.497 e. The van der Waals surface area contributed by atoms with Gasteiger partial charge in [0.15, 0.2) is 0 Å². The van der Waals surface area contributed by atoms with E-state index in [4.69, 9.17) is 9.47 Å². The summed E-state index contributed by atoms with van der Waals surface area (Å²) in [7, 11) is 1.58. The first-order chi connectivity index (χ1) is 14.0. The largest absolute Gasteiger partial charge is 0.497 e. The van der Waals surface area contributed by atoms with E-state index in [2.05, 4.69) is 10.6 Å². The lowest BCUT2D eigenvalue weighted by molar-refractivity contribution is -0.140. The highest BCUT2D eigenvalue weighted by atomic mass is 16.5. The van der Waals surface area contributed by atoms with Crippen molar-refractivity contribution in [2.45, 2.75) is 37.8 Å². The van der Waals surface area contributed by atoms with Crippen LogP contribution in [0, 0.1) is 0 Å². The molecule has 0 radical (unpaired) electrons. The minimum atomic E-state index is -0.923. The topological polar surface area (TPSA) is 93.7 Å². The van der Waals surface area contributed by atoms with Crippen LogP contribution in [0.1, 0.15) is 31.2 Å². The average Bonchev–Trinajstić information content (AvgIpc) is 3.18. The Bertz CT molecular complexity index is 867. The number of benzene rings is 2. The molecule has 2 aromatic rings. The quantitative estimate of drug-likeness (QED) is 0.553. The molecule has 0 saturated carbocycles. The van der Waals surface area contributed by atoms with Gasteiger partial charge in [0, 0.05) is 12.3 Å². The molecule has 1 fully saturated rings. The van der Waals surface area contributed by atoms with Crippen molar-refractivity contribution in [3.63, 3.8) is 0 Å². The van der Waals surface area contributed by atoms with Gasteiger partial charge in [-0.2, -0.15) is 0 Å². The second kappa shape index (κ2) is 9.23. The van der Waals surface area contributed by atoms with Crippen LogP contribution >= 0.6 is 0 Å². The zero-order chi connectivity index (χ0) is 20.8. The molecule has 2 amide bonds. The summed E-state index contributed by atoms with van der Waals surface area (Å²) in [5, 5.41) is 5.39. The molecule has 2 unspecified atom stereocenters. The first-order valence-corrected chi connectivity index (χ1v) is 9.48. The van der Waals surface area contributed by atoms with Crippen LogP contribution in [0.2, 0.25) is 0 Å². The van der Waals surface area contributed by atoms with Crippen LogP contribution in [-0.2, 0) is 14.4 Å². The first kappa shape index (κ1) is 20.4. The third-order valence-electron chi connectivity index (χ3n) is 4.97. The average molecular weight is 396 g/mol. The predicted molar refractivity (Wildman–Crippen MR) is 107 cm³/mol. The number of rotatable bonds is 7. The van der Waals surface area contributed by atoms with Crippen molar-refractivity contribution in [1.29, 1.82) is 0 Å². The molecule has 29 heavy (non-hydrogen) atoms. The van der Waals surface area contributed by atoms with Crippen LogP contribution in [0.3, 0.4) is 0 Å². The van der Waals surface area contributed by atoms with Gasteiger partial charge in [0.2, 0.25) is 11.8 Å². The lowest BCUT2D eigenvalue weighted by Crippen LogP contribution is -2.51. The summed E-state index contributed by atoms with van der Waals surface area (Å²) in [5.41, 5.74) is 0.844. The van der Waals surface area contributed by atoms with Crippen LogP contribution in [0.5, 0.6) is 11.5 Å². The fourth-order valence-electron chi connectivity index (χ4n) is 3.22. The summed E-state index contributed by atoms with van der Waals surface area (Å²) in [6.07, 6.45) is 0.702. The second-order valence-corrected chi connectivity index (χ2v) is 6.94. The lowest BCUT2D eigenvalue weighted by atomic mass is 9.92. The van der Waals surface area contributed by atoms with E-state index in [-0.39, 0.29) is 11.8 Å². The highest BCUT2D eigenvalue weighted by Gasteiger charge is 2.34. The maximum absolute atomic E-state index is 12.9. The number of hydrogen-bond donors (Lipinski definition) is 2. The number of amides is 2. The number of carbonyl (C=O) groups excluding carboxylic acids is 3. The second-order valence-electron chi connectivity index (χ2n) is 6.94. The molecule has 7 nitrogen and oxygen atoms in total. The van der Waals surface area contributed by atoms with Gasteiger partial charge in [0.05, 0.1) is 7.11 Å². The van der Waals surface area contributed by atoms with Crippen molar-refractivity contribution >= 4 is 17.8 Å². The monoisotopic (exact) mass is 396 g/mol. The molecule has 0 bridgehead atoms. The Kier molecular flexibility index (Phi) is 6.49. The summed E-state index contributed by atoms with van der Waals surface area (Å²) in [5.74, 6) is -0.409. The number of carbonyl (C=O) groups is 3. The van der Waals surface area contributed by atoms with Gasteiger partial charge in [0.1, 0.15) is 23.6 Å². The Labute approximate surface area is 169 Å². The number of ether oxygens (including phenoxy) is 2. The van der Waals surface area contributed by atoms with E-state index in [1.807, 2.05) is 25.1 Å². The fraction of sp³-hybridized carbons (Fsp3) is 0.318. The summed E-state index contributed by atoms with van der Waals surface area (Å²) < 4.78 is 10.7. The third-order valence-corrected chi connectivity index (χ3v) is 4.97. The normalized spacial score (nSPS) is 17.7. The molecular formula is C22H24N2O5. The molecular weight excluding hydrogens is 372 g/mol. The zero-order valence-electron chi connectivity index (χ0n) is 16.4. The van der Waals surface area contributed by atoms with Crippen molar-refractivity contribution < 1.29 is 23.9 Å². The van der Waals surface area contributed by atoms with E-state index >= 15 is 0 Å². The van der Waals surface area contributed by atoms with E-state index in [1.54, 1.807) is 43.5 Å². The predicted octanol–water partition coefficient (Wildman–Crippen LogP) is 2.17. The fourth-order valence-corrected chi connectivity index (χ4v) is 3.22. The molecule has 0 aromatic heterocycles. The summed E-state index contributed by atoms with van der Waals surface area (Å²) in [6.45, 7) is 1.84. The highest BCUT2D eigenvalue weighted by molar-refractivity contribution is 5.93. The summed E-state index contributed by atoms with van der Waals surface area (Å²) in [6, 6.07) is 14.4. The molecule has 3 atom stereocenters. The zero-order valence-corrected chi connectivity index (χ0v) is 16.4. The highest BCUT2D eigenvalue weighted by Crippen LogP contribution is 2.24. The van der Waals surface area contributed by atoms with E-state index in [0.717, 1.165) is 5.56 Å². The summed E-state index contributed by atoms with van der Waals surface area (Å²) >= 11 is 0. The Hall–Kier alpha value is -3.35. The van der Waals surface area contributed by atoms with E-state index in [0.29, 0.717) is 24.3 Å². The van der Waals surface area contributed by atoms with Crippen LogP contribution in [0.4, 0.5) is 0 Å². The smallest absolute Gasteiger partial charge is 0.334 e. The molecule has 2 aromatic carbocycles. The Balaban J connectivity index is 1.80. The summed E-state index contributed by atoms with van der Waals surface area (Å²) in [4.78, 5) is 37.0. The number of methoxy groups -OCH3 is 1. The van der Waals surface area contributed by atoms with Gasteiger partial charge in [-0.15, -0.1) is 0 Å². The van der Waals surface area contributed by atoms with E-state index in [1.165, 1.54) is 0 Å². The molecule has 7 heteroatoms. The van der Waals surface area contributed by atoms with Gasteiger partial charge in [-0.1, -0.05) is 37.3 Å². The van der Waals surface area contributed by atoms with E-state index in [9.17, 15) is 14.4 Å². The lowest BCUT2D eigenvalue weighted by Gasteiger charge is -2.25. The molecule has 152 valence electrons. The third kappa shape index (κ3) is 5.13. The van der Waals surface area contributed by atoms with Crippen molar-refractivity contribution in [2.75, 3.05) is 7.11 Å². The van der Waals surface area contributed by atoms with Gasteiger partial charge in [-0.3, -0.25) is 9.59 Å². The first-order valence-electron chi connectivity index (χ1n) is 9.48. The number of hydrogen-bond acceptors (Lipinski definition) is 5. The van der Waals surface area contributed by atoms with Crippen molar-refractivity contribution in [2.24, 2.45) is 0 Å². The van der Waals surface area contributed by atoms with Crippen LogP contribution in [-0.4, -0.2) is 37.0 Å². The SMILES string of the molecule is COc1ccc(C(C)C(NC(=O)[C@H]2CCC(=O)N2)C(=O)Oc2ccccc2)cc1. The maximum Gasteiger partial charge on any atom is 0.334 e. The number of esters is 1. The van der Waals surface area contributed by atoms with Crippen molar-refractivity contribution in [3.05, 3.63) is 60.2 Å². The Morgan fingerprint density at radius 1 is 1.07 bits per heavy atom. The van der Waals surface area contributed by atoms with Gasteiger partial charge >= 0.3 is 5.97 Å².